The van der Waals surface area contributed by atoms with Gasteiger partial charge in [-0.2, -0.15) is 0 Å². The van der Waals surface area contributed by atoms with Gasteiger partial charge in [-0.3, -0.25) is 4.79 Å². The highest BCUT2D eigenvalue weighted by molar-refractivity contribution is 5.75. The van der Waals surface area contributed by atoms with Gasteiger partial charge < -0.3 is 4.74 Å². The zero-order chi connectivity index (χ0) is 13.0. The Hall–Kier alpha value is -2.16. The summed E-state index contributed by atoms with van der Waals surface area (Å²) < 4.78 is 18.5. The Morgan fingerprint density at radius 3 is 2.78 bits per heavy atom. The Labute approximate surface area is 105 Å². The molecule has 0 saturated carbocycles. The number of carbonyl (C=O) groups is 1. The van der Waals surface area contributed by atoms with Crippen molar-refractivity contribution >= 4 is 6.29 Å². The number of aldehydes is 1. The topological polar surface area (TPSA) is 26.3 Å². The van der Waals surface area contributed by atoms with Crippen molar-refractivity contribution in [1.82, 2.24) is 0 Å². The molecular weight excluding hydrogens is 231 g/mol. The van der Waals surface area contributed by atoms with Crippen LogP contribution in [0.3, 0.4) is 0 Å². The van der Waals surface area contributed by atoms with Gasteiger partial charge in [0, 0.05) is 5.56 Å². The predicted molar refractivity (Wildman–Crippen MR) is 67.3 cm³/mol. The maximum Gasteiger partial charge on any atom is 0.150 e. The summed E-state index contributed by atoms with van der Waals surface area (Å²) in [6.45, 7) is 2.19. The molecule has 2 rings (SSSR count). The van der Waals surface area contributed by atoms with E-state index in [9.17, 15) is 9.18 Å². The number of hydrogen-bond donors (Lipinski definition) is 0. The molecule has 2 aromatic rings. The lowest BCUT2D eigenvalue weighted by molar-refractivity contribution is 0.112. The van der Waals surface area contributed by atoms with Crippen LogP contribution in [0, 0.1) is 12.7 Å². The summed E-state index contributed by atoms with van der Waals surface area (Å²) in [6, 6.07) is 11.5. The molecule has 0 amide bonds. The van der Waals surface area contributed by atoms with Crippen LogP contribution in [0.15, 0.2) is 42.5 Å². The highest BCUT2D eigenvalue weighted by Crippen LogP contribution is 2.16. The average molecular weight is 244 g/mol. The molecule has 2 aromatic carbocycles. The van der Waals surface area contributed by atoms with E-state index in [1.165, 1.54) is 12.1 Å². The maximum absolute atomic E-state index is 12.9. The monoisotopic (exact) mass is 244 g/mol. The molecule has 0 radical (unpaired) electrons. The average Bonchev–Trinajstić information content (AvgIpc) is 2.38. The van der Waals surface area contributed by atoms with Gasteiger partial charge in [0.25, 0.3) is 0 Å². The molecule has 92 valence electrons. The molecule has 3 heteroatoms. The van der Waals surface area contributed by atoms with Crippen LogP contribution in [0.1, 0.15) is 21.5 Å². The van der Waals surface area contributed by atoms with E-state index in [0.29, 0.717) is 17.9 Å². The van der Waals surface area contributed by atoms with Crippen molar-refractivity contribution in [3.8, 4) is 5.75 Å². The van der Waals surface area contributed by atoms with Crippen molar-refractivity contribution in [3.63, 3.8) is 0 Å². The van der Waals surface area contributed by atoms with Gasteiger partial charge in [-0.1, -0.05) is 18.2 Å². The molecule has 0 heterocycles. The lowest BCUT2D eigenvalue weighted by Gasteiger charge is -2.09. The second-order valence-electron chi connectivity index (χ2n) is 4.05. The Morgan fingerprint density at radius 2 is 2.06 bits per heavy atom. The van der Waals surface area contributed by atoms with Gasteiger partial charge >= 0.3 is 0 Å². The third-order valence-electron chi connectivity index (χ3n) is 2.69. The molecule has 0 bridgehead atoms. The fourth-order valence-corrected chi connectivity index (χ4v) is 1.66. The minimum absolute atomic E-state index is 0.251. The van der Waals surface area contributed by atoms with Crippen LogP contribution in [0.4, 0.5) is 4.39 Å². The van der Waals surface area contributed by atoms with E-state index in [0.717, 1.165) is 17.4 Å². The Bertz CT molecular complexity index is 564. The quantitative estimate of drug-likeness (QED) is 0.769. The Balaban J connectivity index is 2.08. The van der Waals surface area contributed by atoms with Gasteiger partial charge in [0.05, 0.1) is 0 Å². The van der Waals surface area contributed by atoms with E-state index in [-0.39, 0.29) is 5.82 Å². The lowest BCUT2D eigenvalue weighted by atomic mass is 10.1. The van der Waals surface area contributed by atoms with Crippen molar-refractivity contribution < 1.29 is 13.9 Å². The van der Waals surface area contributed by atoms with E-state index in [2.05, 4.69) is 0 Å². The summed E-state index contributed by atoms with van der Waals surface area (Å²) in [7, 11) is 0. The molecular formula is C15H13FO2. The molecule has 2 nitrogen and oxygen atoms in total. The standard InChI is InChI=1S/C15H13FO2/c1-11-7-14(16)6-5-13(11)10-18-15-4-2-3-12(8-15)9-17/h2-9H,10H2,1H3. The Kier molecular flexibility index (Phi) is 3.72. The maximum atomic E-state index is 12.9. The third kappa shape index (κ3) is 2.94. The van der Waals surface area contributed by atoms with E-state index in [4.69, 9.17) is 4.74 Å². The van der Waals surface area contributed by atoms with Crippen LogP contribution in [0.25, 0.3) is 0 Å². The second kappa shape index (κ2) is 5.45. The fourth-order valence-electron chi connectivity index (χ4n) is 1.66. The minimum atomic E-state index is -0.251. The number of benzene rings is 2. The molecule has 0 saturated heterocycles. The van der Waals surface area contributed by atoms with E-state index < -0.39 is 0 Å². The van der Waals surface area contributed by atoms with E-state index in [1.54, 1.807) is 30.3 Å². The number of ether oxygens (including phenoxy) is 1. The number of aryl methyl sites for hydroxylation is 1. The van der Waals surface area contributed by atoms with E-state index >= 15 is 0 Å². The zero-order valence-electron chi connectivity index (χ0n) is 10.0. The highest BCUT2D eigenvalue weighted by Gasteiger charge is 2.02. The largest absolute Gasteiger partial charge is 0.489 e. The molecule has 0 spiro atoms. The first-order valence-electron chi connectivity index (χ1n) is 5.62. The smallest absolute Gasteiger partial charge is 0.150 e. The first kappa shape index (κ1) is 12.3. The summed E-state index contributed by atoms with van der Waals surface area (Å²) >= 11 is 0. The molecule has 0 aliphatic carbocycles. The van der Waals surface area contributed by atoms with Gasteiger partial charge in [-0.15, -0.1) is 0 Å². The third-order valence-corrected chi connectivity index (χ3v) is 2.69. The van der Waals surface area contributed by atoms with Crippen LogP contribution in [-0.4, -0.2) is 6.29 Å². The van der Waals surface area contributed by atoms with Crippen molar-refractivity contribution in [3.05, 3.63) is 65.0 Å². The molecule has 0 unspecified atom stereocenters. The minimum Gasteiger partial charge on any atom is -0.489 e. The molecule has 0 aliphatic heterocycles. The highest BCUT2D eigenvalue weighted by atomic mass is 19.1. The van der Waals surface area contributed by atoms with Crippen molar-refractivity contribution in [2.45, 2.75) is 13.5 Å². The SMILES string of the molecule is Cc1cc(F)ccc1COc1cccc(C=O)c1. The van der Waals surface area contributed by atoms with Crippen LogP contribution in [0.2, 0.25) is 0 Å². The van der Waals surface area contributed by atoms with Gasteiger partial charge in [0.15, 0.2) is 0 Å². The first-order chi connectivity index (χ1) is 8.69. The number of halogens is 1. The van der Waals surface area contributed by atoms with Gasteiger partial charge in [0.2, 0.25) is 0 Å². The number of carbonyl (C=O) groups excluding carboxylic acids is 1. The molecule has 0 aromatic heterocycles. The Morgan fingerprint density at radius 1 is 1.22 bits per heavy atom. The van der Waals surface area contributed by atoms with Gasteiger partial charge in [0.1, 0.15) is 24.5 Å². The summed E-state index contributed by atoms with van der Waals surface area (Å²) in [5.74, 6) is 0.377. The summed E-state index contributed by atoms with van der Waals surface area (Å²) in [5, 5.41) is 0. The van der Waals surface area contributed by atoms with Crippen LogP contribution in [0.5, 0.6) is 5.75 Å². The van der Waals surface area contributed by atoms with Crippen molar-refractivity contribution in [2.75, 3.05) is 0 Å². The molecule has 0 fully saturated rings. The van der Waals surface area contributed by atoms with Gasteiger partial charge in [-0.25, -0.2) is 4.39 Å². The van der Waals surface area contributed by atoms with Crippen LogP contribution >= 0.6 is 0 Å². The summed E-state index contributed by atoms with van der Waals surface area (Å²) in [5.41, 5.74) is 2.35. The normalized spacial score (nSPS) is 10.1. The van der Waals surface area contributed by atoms with Gasteiger partial charge in [-0.05, 0) is 42.3 Å². The first-order valence-corrected chi connectivity index (χ1v) is 5.62. The molecule has 0 N–H and O–H groups in total. The van der Waals surface area contributed by atoms with Crippen molar-refractivity contribution in [1.29, 1.82) is 0 Å². The van der Waals surface area contributed by atoms with E-state index in [1.807, 2.05) is 6.92 Å². The molecule has 0 aliphatic rings. The van der Waals surface area contributed by atoms with Crippen molar-refractivity contribution in [2.24, 2.45) is 0 Å². The number of rotatable bonds is 4. The summed E-state index contributed by atoms with van der Waals surface area (Å²) in [6.07, 6.45) is 0.774. The number of hydrogen-bond acceptors (Lipinski definition) is 2. The molecule has 18 heavy (non-hydrogen) atoms. The predicted octanol–water partition coefficient (Wildman–Crippen LogP) is 3.53. The van der Waals surface area contributed by atoms with Crippen LogP contribution < -0.4 is 4.74 Å². The summed E-state index contributed by atoms with van der Waals surface area (Å²) in [4.78, 5) is 10.6. The lowest BCUT2D eigenvalue weighted by Crippen LogP contribution is -1.98. The van der Waals surface area contributed by atoms with Crippen LogP contribution in [-0.2, 0) is 6.61 Å². The second-order valence-corrected chi connectivity index (χ2v) is 4.05. The zero-order valence-corrected chi connectivity index (χ0v) is 10.0. The molecule has 0 atom stereocenters. The fraction of sp³-hybridized carbons (Fsp3) is 0.133.